The molecule has 2 heteroatoms. The first-order valence-electron chi connectivity index (χ1n) is 7.60. The third-order valence-electron chi connectivity index (χ3n) is 3.84. The van der Waals surface area contributed by atoms with Crippen LogP contribution >= 0.6 is 11.6 Å². The second-order valence-electron chi connectivity index (χ2n) is 5.74. The molecule has 2 aromatic carbocycles. The van der Waals surface area contributed by atoms with Crippen molar-refractivity contribution >= 4 is 11.6 Å². The highest BCUT2D eigenvalue weighted by Crippen LogP contribution is 2.31. The zero-order valence-electron chi connectivity index (χ0n) is 13.4. The number of benzene rings is 2. The molecule has 0 heterocycles. The van der Waals surface area contributed by atoms with Crippen LogP contribution in [0.25, 0.3) is 11.1 Å². The molecule has 0 spiro atoms. The van der Waals surface area contributed by atoms with Gasteiger partial charge in [-0.2, -0.15) is 0 Å². The van der Waals surface area contributed by atoms with Gasteiger partial charge in [-0.25, -0.2) is 0 Å². The summed E-state index contributed by atoms with van der Waals surface area (Å²) < 4.78 is 0. The SMILES string of the molecule is CCCNCc1ccc(-c2cc(C)c(Cl)cc2C)c(C)c1. The maximum absolute atomic E-state index is 6.20. The Labute approximate surface area is 133 Å². The summed E-state index contributed by atoms with van der Waals surface area (Å²) in [5.74, 6) is 0. The van der Waals surface area contributed by atoms with Crippen molar-refractivity contribution in [1.82, 2.24) is 5.32 Å². The predicted molar refractivity (Wildman–Crippen MR) is 93.1 cm³/mol. The lowest BCUT2D eigenvalue weighted by molar-refractivity contribution is 0.675. The maximum atomic E-state index is 6.20. The van der Waals surface area contributed by atoms with Gasteiger partial charge in [-0.1, -0.05) is 36.7 Å². The summed E-state index contributed by atoms with van der Waals surface area (Å²) >= 11 is 6.20. The molecule has 0 aliphatic heterocycles. The standard InChI is InChI=1S/C19H24ClN/c1-5-8-21-12-16-6-7-17(13(2)9-16)18-10-15(4)19(20)11-14(18)3/h6-7,9-11,21H,5,8,12H2,1-4H3. The lowest BCUT2D eigenvalue weighted by atomic mass is 9.94. The van der Waals surface area contributed by atoms with E-state index in [0.29, 0.717) is 0 Å². The van der Waals surface area contributed by atoms with Crippen molar-refractivity contribution in [3.63, 3.8) is 0 Å². The van der Waals surface area contributed by atoms with Gasteiger partial charge in [0.1, 0.15) is 0 Å². The zero-order chi connectivity index (χ0) is 15.4. The Morgan fingerprint density at radius 2 is 1.62 bits per heavy atom. The molecule has 2 rings (SSSR count). The summed E-state index contributed by atoms with van der Waals surface area (Å²) in [7, 11) is 0. The molecule has 1 N–H and O–H groups in total. The van der Waals surface area contributed by atoms with Crippen molar-refractivity contribution in [2.45, 2.75) is 40.7 Å². The largest absolute Gasteiger partial charge is 0.313 e. The van der Waals surface area contributed by atoms with Crippen LogP contribution in [0, 0.1) is 20.8 Å². The van der Waals surface area contributed by atoms with Gasteiger partial charge in [0.2, 0.25) is 0 Å². The van der Waals surface area contributed by atoms with Crippen LogP contribution in [0.1, 0.15) is 35.6 Å². The fourth-order valence-electron chi connectivity index (χ4n) is 2.62. The highest BCUT2D eigenvalue weighted by Gasteiger charge is 2.08. The predicted octanol–water partition coefficient (Wildman–Crippen LogP) is 5.43. The molecule has 0 fully saturated rings. The molecular formula is C19H24ClN. The molecular weight excluding hydrogens is 278 g/mol. The van der Waals surface area contributed by atoms with Gasteiger partial charge in [0.15, 0.2) is 0 Å². The summed E-state index contributed by atoms with van der Waals surface area (Å²) in [4.78, 5) is 0. The van der Waals surface area contributed by atoms with Crippen LogP contribution in [0.2, 0.25) is 5.02 Å². The summed E-state index contributed by atoms with van der Waals surface area (Å²) in [6, 6.07) is 11.0. The van der Waals surface area contributed by atoms with Crippen molar-refractivity contribution in [1.29, 1.82) is 0 Å². The fraction of sp³-hybridized carbons (Fsp3) is 0.368. The molecule has 0 aromatic heterocycles. The van der Waals surface area contributed by atoms with Crippen molar-refractivity contribution in [3.8, 4) is 11.1 Å². The molecule has 2 aromatic rings. The van der Waals surface area contributed by atoms with E-state index in [0.717, 1.165) is 23.7 Å². The Kier molecular flexibility index (Phi) is 5.44. The molecule has 0 unspecified atom stereocenters. The van der Waals surface area contributed by atoms with E-state index in [4.69, 9.17) is 11.6 Å². The Hall–Kier alpha value is -1.31. The molecule has 1 nitrogen and oxygen atoms in total. The van der Waals surface area contributed by atoms with Gasteiger partial charge >= 0.3 is 0 Å². The van der Waals surface area contributed by atoms with Crippen LogP contribution in [0.3, 0.4) is 0 Å². The Balaban J connectivity index is 2.31. The van der Waals surface area contributed by atoms with Gasteiger partial charge in [0.05, 0.1) is 0 Å². The summed E-state index contributed by atoms with van der Waals surface area (Å²) in [6.45, 7) is 10.6. The minimum Gasteiger partial charge on any atom is -0.313 e. The minimum atomic E-state index is 0.842. The molecule has 0 atom stereocenters. The van der Waals surface area contributed by atoms with E-state index in [1.54, 1.807) is 0 Å². The Bertz CT molecular complexity index is 632. The van der Waals surface area contributed by atoms with Gasteiger partial charge in [0, 0.05) is 11.6 Å². The van der Waals surface area contributed by atoms with Crippen LogP contribution in [-0.2, 0) is 6.54 Å². The molecule has 0 saturated carbocycles. The molecule has 0 amide bonds. The lowest BCUT2D eigenvalue weighted by Crippen LogP contribution is -2.13. The first-order valence-corrected chi connectivity index (χ1v) is 7.98. The van der Waals surface area contributed by atoms with Crippen molar-refractivity contribution in [3.05, 3.63) is 57.6 Å². The molecule has 21 heavy (non-hydrogen) atoms. The molecule has 0 aliphatic carbocycles. The molecule has 0 radical (unpaired) electrons. The zero-order valence-corrected chi connectivity index (χ0v) is 14.1. The Morgan fingerprint density at radius 1 is 0.905 bits per heavy atom. The van der Waals surface area contributed by atoms with Crippen LogP contribution in [-0.4, -0.2) is 6.54 Å². The monoisotopic (exact) mass is 301 g/mol. The van der Waals surface area contributed by atoms with Gasteiger partial charge < -0.3 is 5.32 Å². The third kappa shape index (κ3) is 3.87. The lowest BCUT2D eigenvalue weighted by Gasteiger charge is -2.13. The quantitative estimate of drug-likeness (QED) is 0.726. The minimum absolute atomic E-state index is 0.842. The highest BCUT2D eigenvalue weighted by molar-refractivity contribution is 6.31. The number of rotatable bonds is 5. The average molecular weight is 302 g/mol. The van der Waals surface area contributed by atoms with Gasteiger partial charge in [-0.3, -0.25) is 0 Å². The van der Waals surface area contributed by atoms with Gasteiger partial charge in [0.25, 0.3) is 0 Å². The molecule has 112 valence electrons. The van der Waals surface area contributed by atoms with Crippen LogP contribution < -0.4 is 5.32 Å². The van der Waals surface area contributed by atoms with Gasteiger partial charge in [-0.15, -0.1) is 0 Å². The van der Waals surface area contributed by atoms with Crippen LogP contribution in [0.15, 0.2) is 30.3 Å². The van der Waals surface area contributed by atoms with Gasteiger partial charge in [-0.05, 0) is 79.3 Å². The van der Waals surface area contributed by atoms with E-state index in [9.17, 15) is 0 Å². The molecule has 0 bridgehead atoms. The maximum Gasteiger partial charge on any atom is 0.0438 e. The van der Waals surface area contributed by atoms with Crippen molar-refractivity contribution < 1.29 is 0 Å². The number of hydrogen-bond donors (Lipinski definition) is 1. The van der Waals surface area contributed by atoms with E-state index >= 15 is 0 Å². The molecule has 0 saturated heterocycles. The number of aryl methyl sites for hydroxylation is 3. The average Bonchev–Trinajstić information content (AvgIpc) is 2.44. The smallest absolute Gasteiger partial charge is 0.0438 e. The fourth-order valence-corrected chi connectivity index (χ4v) is 2.84. The van der Waals surface area contributed by atoms with E-state index < -0.39 is 0 Å². The van der Waals surface area contributed by atoms with E-state index in [-0.39, 0.29) is 0 Å². The second-order valence-corrected chi connectivity index (χ2v) is 6.15. The first-order chi connectivity index (χ1) is 10.0. The normalized spacial score (nSPS) is 10.9. The number of hydrogen-bond acceptors (Lipinski definition) is 1. The Morgan fingerprint density at radius 3 is 2.29 bits per heavy atom. The molecule has 0 aliphatic rings. The van der Waals surface area contributed by atoms with Crippen molar-refractivity contribution in [2.75, 3.05) is 6.54 Å². The second kappa shape index (κ2) is 7.11. The van der Waals surface area contributed by atoms with E-state index in [1.807, 2.05) is 0 Å². The summed E-state index contributed by atoms with van der Waals surface area (Å²) in [6.07, 6.45) is 1.17. The number of halogens is 1. The summed E-state index contributed by atoms with van der Waals surface area (Å²) in [5, 5.41) is 4.29. The van der Waals surface area contributed by atoms with Crippen molar-refractivity contribution in [2.24, 2.45) is 0 Å². The van der Waals surface area contributed by atoms with E-state index in [2.05, 4.69) is 63.3 Å². The topological polar surface area (TPSA) is 12.0 Å². The van der Waals surface area contributed by atoms with E-state index in [1.165, 1.54) is 34.2 Å². The van der Waals surface area contributed by atoms with Crippen LogP contribution in [0.5, 0.6) is 0 Å². The van der Waals surface area contributed by atoms with Crippen LogP contribution in [0.4, 0.5) is 0 Å². The summed E-state index contributed by atoms with van der Waals surface area (Å²) in [5.41, 5.74) is 7.59. The third-order valence-corrected chi connectivity index (χ3v) is 4.25. The highest BCUT2D eigenvalue weighted by atomic mass is 35.5. The first kappa shape index (κ1) is 16.1. The number of nitrogens with one attached hydrogen (secondary N) is 1.